The zero-order valence-corrected chi connectivity index (χ0v) is 11.1. The Morgan fingerprint density at radius 3 is 2.80 bits per heavy atom. The number of aromatic nitrogens is 2. The number of carbonyl (C=O) groups excluding carboxylic acids is 1. The molecule has 1 aromatic heterocycles. The van der Waals surface area contributed by atoms with Crippen LogP contribution in [0.2, 0.25) is 0 Å². The third-order valence-electron chi connectivity index (χ3n) is 2.93. The third kappa shape index (κ3) is 2.82. The summed E-state index contributed by atoms with van der Waals surface area (Å²) in [6.45, 7) is 3.40. The van der Waals surface area contributed by atoms with E-state index in [9.17, 15) is 14.9 Å². The highest BCUT2D eigenvalue weighted by atomic mass is 16.6. The standard InChI is InChI=1S/C13H14N4O3/c1-8-7-10(3-4-11(8)17(19)20)13(18)16-9(2)12-14-5-6-15-12/h3-7,9H,1-2H3,(H,14,15)(H,16,18). The molecule has 0 aliphatic rings. The molecule has 1 heterocycles. The van der Waals surface area contributed by atoms with Crippen LogP contribution in [0.3, 0.4) is 0 Å². The van der Waals surface area contributed by atoms with Crippen molar-refractivity contribution >= 4 is 11.6 Å². The summed E-state index contributed by atoms with van der Waals surface area (Å²) in [5.74, 6) is 0.351. The first-order valence-corrected chi connectivity index (χ1v) is 6.04. The highest BCUT2D eigenvalue weighted by Gasteiger charge is 2.16. The molecule has 2 N–H and O–H groups in total. The van der Waals surface area contributed by atoms with Crippen LogP contribution in [0.4, 0.5) is 5.69 Å². The van der Waals surface area contributed by atoms with Gasteiger partial charge in [-0.3, -0.25) is 14.9 Å². The van der Waals surface area contributed by atoms with Crippen molar-refractivity contribution in [3.05, 3.63) is 57.7 Å². The fraction of sp³-hybridized carbons (Fsp3) is 0.231. The fourth-order valence-electron chi connectivity index (χ4n) is 1.86. The largest absolute Gasteiger partial charge is 0.347 e. The van der Waals surface area contributed by atoms with E-state index in [-0.39, 0.29) is 17.6 Å². The highest BCUT2D eigenvalue weighted by Crippen LogP contribution is 2.19. The van der Waals surface area contributed by atoms with Crippen LogP contribution in [0.1, 0.15) is 34.7 Å². The molecule has 0 radical (unpaired) electrons. The number of carbonyl (C=O) groups is 1. The van der Waals surface area contributed by atoms with Crippen molar-refractivity contribution in [1.29, 1.82) is 0 Å². The smallest absolute Gasteiger partial charge is 0.272 e. The van der Waals surface area contributed by atoms with E-state index in [1.807, 2.05) is 0 Å². The molecule has 0 spiro atoms. The van der Waals surface area contributed by atoms with Crippen molar-refractivity contribution in [2.45, 2.75) is 19.9 Å². The molecular formula is C13H14N4O3. The Morgan fingerprint density at radius 1 is 1.50 bits per heavy atom. The van der Waals surface area contributed by atoms with Gasteiger partial charge < -0.3 is 10.3 Å². The Bertz CT molecular complexity index is 637. The van der Waals surface area contributed by atoms with E-state index in [1.165, 1.54) is 18.2 Å². The highest BCUT2D eigenvalue weighted by molar-refractivity contribution is 5.94. The molecule has 2 rings (SSSR count). The van der Waals surface area contributed by atoms with Gasteiger partial charge in [-0.2, -0.15) is 0 Å². The molecule has 0 saturated carbocycles. The molecule has 1 amide bonds. The second-order valence-corrected chi connectivity index (χ2v) is 4.43. The number of nitro groups is 1. The topological polar surface area (TPSA) is 101 Å². The van der Waals surface area contributed by atoms with Gasteiger partial charge in [-0.1, -0.05) is 0 Å². The first kappa shape index (κ1) is 13.7. The molecule has 7 nitrogen and oxygen atoms in total. The first-order valence-electron chi connectivity index (χ1n) is 6.04. The third-order valence-corrected chi connectivity index (χ3v) is 2.93. The summed E-state index contributed by atoms with van der Waals surface area (Å²) < 4.78 is 0. The first-order chi connectivity index (χ1) is 9.49. The Morgan fingerprint density at radius 2 is 2.25 bits per heavy atom. The van der Waals surface area contributed by atoms with Gasteiger partial charge in [0.1, 0.15) is 5.82 Å². The van der Waals surface area contributed by atoms with Crippen LogP contribution in [-0.4, -0.2) is 20.8 Å². The van der Waals surface area contributed by atoms with Crippen LogP contribution in [0.15, 0.2) is 30.6 Å². The number of hydrogen-bond acceptors (Lipinski definition) is 4. The van der Waals surface area contributed by atoms with Crippen molar-refractivity contribution in [3.63, 3.8) is 0 Å². The van der Waals surface area contributed by atoms with Crippen molar-refractivity contribution in [2.75, 3.05) is 0 Å². The minimum absolute atomic E-state index is 0.000586. The Balaban J connectivity index is 2.14. The molecule has 0 bridgehead atoms. The van der Waals surface area contributed by atoms with E-state index in [2.05, 4.69) is 15.3 Å². The summed E-state index contributed by atoms with van der Waals surface area (Å²) in [6.07, 6.45) is 3.28. The summed E-state index contributed by atoms with van der Waals surface area (Å²) in [5, 5.41) is 13.5. The van der Waals surface area contributed by atoms with Gasteiger partial charge in [-0.15, -0.1) is 0 Å². The van der Waals surface area contributed by atoms with Gasteiger partial charge >= 0.3 is 0 Å². The monoisotopic (exact) mass is 274 g/mol. The number of hydrogen-bond donors (Lipinski definition) is 2. The molecule has 2 aromatic rings. The Labute approximate surface area is 115 Å². The van der Waals surface area contributed by atoms with Gasteiger partial charge in [-0.05, 0) is 26.0 Å². The van der Waals surface area contributed by atoms with E-state index >= 15 is 0 Å². The maximum atomic E-state index is 12.1. The Hall–Kier alpha value is -2.70. The average molecular weight is 274 g/mol. The number of aryl methyl sites for hydroxylation is 1. The quantitative estimate of drug-likeness (QED) is 0.658. The molecular weight excluding hydrogens is 260 g/mol. The SMILES string of the molecule is Cc1cc(C(=O)NC(C)c2ncc[nH]2)ccc1[N+](=O)[O-]. The summed E-state index contributed by atoms with van der Waals surface area (Å²) >= 11 is 0. The maximum absolute atomic E-state index is 12.1. The van der Waals surface area contributed by atoms with Crippen LogP contribution in [0.5, 0.6) is 0 Å². The zero-order valence-electron chi connectivity index (χ0n) is 11.1. The molecule has 20 heavy (non-hydrogen) atoms. The van der Waals surface area contributed by atoms with Crippen LogP contribution in [-0.2, 0) is 0 Å². The van der Waals surface area contributed by atoms with E-state index in [1.54, 1.807) is 26.2 Å². The normalized spacial score (nSPS) is 11.9. The number of nitrogens with zero attached hydrogens (tertiary/aromatic N) is 2. The lowest BCUT2D eigenvalue weighted by atomic mass is 10.1. The number of H-pyrrole nitrogens is 1. The summed E-state index contributed by atoms with van der Waals surface area (Å²) in [5.41, 5.74) is 0.834. The lowest BCUT2D eigenvalue weighted by Crippen LogP contribution is -2.27. The minimum Gasteiger partial charge on any atom is -0.347 e. The van der Waals surface area contributed by atoms with Gasteiger partial charge in [0.25, 0.3) is 11.6 Å². The number of rotatable bonds is 4. The Kier molecular flexibility index (Phi) is 3.79. The van der Waals surface area contributed by atoms with E-state index in [0.29, 0.717) is 17.0 Å². The fourth-order valence-corrected chi connectivity index (χ4v) is 1.86. The van der Waals surface area contributed by atoms with Crippen LogP contribution >= 0.6 is 0 Å². The number of nitro benzene ring substituents is 1. The van der Waals surface area contributed by atoms with Gasteiger partial charge in [0.2, 0.25) is 0 Å². The van der Waals surface area contributed by atoms with E-state index in [4.69, 9.17) is 0 Å². The number of amides is 1. The average Bonchev–Trinajstić information content (AvgIpc) is 2.91. The van der Waals surface area contributed by atoms with Crippen LogP contribution in [0, 0.1) is 17.0 Å². The molecule has 1 atom stereocenters. The summed E-state index contributed by atoms with van der Waals surface area (Å²) in [7, 11) is 0. The molecule has 7 heteroatoms. The van der Waals surface area contributed by atoms with Crippen LogP contribution < -0.4 is 5.32 Å². The molecule has 0 aliphatic carbocycles. The molecule has 0 saturated heterocycles. The second-order valence-electron chi connectivity index (χ2n) is 4.43. The van der Waals surface area contributed by atoms with Crippen molar-refractivity contribution in [3.8, 4) is 0 Å². The van der Waals surface area contributed by atoms with Gasteiger partial charge in [-0.25, -0.2) is 4.98 Å². The molecule has 0 fully saturated rings. The molecule has 0 aliphatic heterocycles. The van der Waals surface area contributed by atoms with Crippen molar-refractivity contribution < 1.29 is 9.72 Å². The maximum Gasteiger partial charge on any atom is 0.272 e. The van der Waals surface area contributed by atoms with E-state index in [0.717, 1.165) is 0 Å². The van der Waals surface area contributed by atoms with Crippen molar-refractivity contribution in [1.82, 2.24) is 15.3 Å². The van der Waals surface area contributed by atoms with Crippen molar-refractivity contribution in [2.24, 2.45) is 0 Å². The summed E-state index contributed by atoms with van der Waals surface area (Å²) in [6, 6.07) is 4.01. The van der Waals surface area contributed by atoms with Gasteiger partial charge in [0, 0.05) is 29.6 Å². The van der Waals surface area contributed by atoms with E-state index < -0.39 is 4.92 Å². The number of aromatic amines is 1. The number of imidazole rings is 1. The molecule has 1 aromatic carbocycles. The molecule has 104 valence electrons. The van der Waals surface area contributed by atoms with Gasteiger partial charge in [0.15, 0.2) is 0 Å². The number of nitrogens with one attached hydrogen (secondary N) is 2. The molecule has 1 unspecified atom stereocenters. The lowest BCUT2D eigenvalue weighted by molar-refractivity contribution is -0.385. The predicted molar refractivity (Wildman–Crippen MR) is 72.3 cm³/mol. The zero-order chi connectivity index (χ0) is 14.7. The van der Waals surface area contributed by atoms with Crippen LogP contribution in [0.25, 0.3) is 0 Å². The lowest BCUT2D eigenvalue weighted by Gasteiger charge is -2.11. The minimum atomic E-state index is -0.470. The summed E-state index contributed by atoms with van der Waals surface area (Å²) in [4.78, 5) is 29.3. The second kappa shape index (κ2) is 5.52. The predicted octanol–water partition coefficient (Wildman–Crippen LogP) is 2.12. The number of benzene rings is 1. The van der Waals surface area contributed by atoms with Gasteiger partial charge in [0.05, 0.1) is 11.0 Å².